The number of cyclic esters (lactones) is 1. The molecule has 7 nitrogen and oxygen atoms in total. The Balaban J connectivity index is 1.40. The minimum atomic E-state index is -0.815. The van der Waals surface area contributed by atoms with E-state index in [1.807, 2.05) is 43.3 Å². The van der Waals surface area contributed by atoms with E-state index in [2.05, 4.69) is 10.6 Å². The highest BCUT2D eigenvalue weighted by Gasteiger charge is 2.48. The molecule has 1 saturated carbocycles. The zero-order chi connectivity index (χ0) is 24.4. The van der Waals surface area contributed by atoms with Gasteiger partial charge in [-0.2, -0.15) is 0 Å². The van der Waals surface area contributed by atoms with Crippen LogP contribution in [0, 0.1) is 6.92 Å². The second-order valence-electron chi connectivity index (χ2n) is 9.09. The van der Waals surface area contributed by atoms with Crippen molar-refractivity contribution in [1.29, 1.82) is 0 Å². The van der Waals surface area contributed by atoms with Gasteiger partial charge in [0, 0.05) is 17.3 Å². The molecule has 178 valence electrons. The molecule has 1 saturated heterocycles. The quantitative estimate of drug-likeness (QED) is 0.530. The summed E-state index contributed by atoms with van der Waals surface area (Å²) in [4.78, 5) is 40.3. The van der Waals surface area contributed by atoms with Crippen molar-refractivity contribution in [2.45, 2.75) is 44.5 Å². The first-order valence-electron chi connectivity index (χ1n) is 11.8. The van der Waals surface area contributed by atoms with Crippen LogP contribution >= 0.6 is 0 Å². The van der Waals surface area contributed by atoms with Crippen LogP contribution < -0.4 is 10.6 Å². The second-order valence-corrected chi connectivity index (χ2v) is 9.09. The molecule has 3 aromatic carbocycles. The minimum Gasteiger partial charge on any atom is -0.438 e. The first-order chi connectivity index (χ1) is 17.0. The zero-order valence-electron chi connectivity index (χ0n) is 19.4. The third-order valence-electron chi connectivity index (χ3n) is 6.26. The van der Waals surface area contributed by atoms with Gasteiger partial charge in [0.15, 0.2) is 12.1 Å². The van der Waals surface area contributed by atoms with Gasteiger partial charge in [0.25, 0.3) is 5.91 Å². The molecular formula is C28H27N3O4. The first kappa shape index (κ1) is 22.7. The van der Waals surface area contributed by atoms with Gasteiger partial charge in [-0.15, -0.1) is 0 Å². The summed E-state index contributed by atoms with van der Waals surface area (Å²) in [5.41, 5.74) is 3.78. The van der Waals surface area contributed by atoms with Gasteiger partial charge in [-0.25, -0.2) is 4.79 Å². The number of rotatable bonds is 7. The van der Waals surface area contributed by atoms with E-state index in [1.165, 1.54) is 4.90 Å². The molecule has 0 radical (unpaired) electrons. The largest absolute Gasteiger partial charge is 0.438 e. The fourth-order valence-electron chi connectivity index (χ4n) is 4.20. The smallest absolute Gasteiger partial charge is 0.411 e. The van der Waals surface area contributed by atoms with Crippen LogP contribution in [0.15, 0.2) is 78.9 Å². The summed E-state index contributed by atoms with van der Waals surface area (Å²) in [5, 5.41) is 5.91. The molecule has 3 amide bonds. The van der Waals surface area contributed by atoms with E-state index >= 15 is 0 Å². The number of ether oxygens (including phenoxy) is 1. The topological polar surface area (TPSA) is 87.7 Å². The average Bonchev–Trinajstić information content (AvgIpc) is 3.62. The number of carbonyl (C=O) groups is 3. The Labute approximate surface area is 204 Å². The highest BCUT2D eigenvalue weighted by Crippen LogP contribution is 2.35. The summed E-state index contributed by atoms with van der Waals surface area (Å²) in [7, 11) is 0. The highest BCUT2D eigenvalue weighted by atomic mass is 16.6. The minimum absolute atomic E-state index is 0.150. The van der Waals surface area contributed by atoms with E-state index in [0.29, 0.717) is 16.8 Å². The molecule has 2 fully saturated rings. The number of nitrogens with one attached hydrogen (secondary N) is 2. The predicted octanol–water partition coefficient (Wildman–Crippen LogP) is 4.59. The maximum atomic E-state index is 13.3. The van der Waals surface area contributed by atoms with Crippen LogP contribution in [0.1, 0.15) is 46.0 Å². The second kappa shape index (κ2) is 9.62. The van der Waals surface area contributed by atoms with E-state index in [4.69, 9.17) is 4.74 Å². The lowest BCUT2D eigenvalue weighted by molar-refractivity contribution is -0.126. The third-order valence-corrected chi connectivity index (χ3v) is 6.26. The number of benzene rings is 3. The van der Waals surface area contributed by atoms with Crippen LogP contribution in [-0.2, 0) is 16.1 Å². The monoisotopic (exact) mass is 469 g/mol. The van der Waals surface area contributed by atoms with E-state index < -0.39 is 18.2 Å². The van der Waals surface area contributed by atoms with Crippen molar-refractivity contribution in [3.63, 3.8) is 0 Å². The number of amides is 3. The molecule has 2 unspecified atom stereocenters. The van der Waals surface area contributed by atoms with Gasteiger partial charge in [-0.05, 0) is 55.2 Å². The Kier molecular flexibility index (Phi) is 6.23. The van der Waals surface area contributed by atoms with Gasteiger partial charge in [0.1, 0.15) is 0 Å². The number of nitrogens with zero attached hydrogens (tertiary/aromatic N) is 1. The van der Waals surface area contributed by atoms with Crippen molar-refractivity contribution in [1.82, 2.24) is 10.2 Å². The standard InChI is InChI=1S/C28H27N3O4/c1-18-10-12-19(13-11-18)17-31-24(27(33)29-22-14-15-22)25(35-28(31)34)21-8-5-9-23(16-21)30-26(32)20-6-3-2-4-7-20/h2-13,16,22,24-25H,14-15,17H2,1H3,(H,29,33)(H,30,32). The number of anilines is 1. The van der Waals surface area contributed by atoms with Gasteiger partial charge in [-0.3, -0.25) is 14.5 Å². The van der Waals surface area contributed by atoms with Gasteiger partial charge >= 0.3 is 6.09 Å². The molecule has 1 aliphatic heterocycles. The molecule has 2 atom stereocenters. The van der Waals surface area contributed by atoms with Crippen molar-refractivity contribution in [3.8, 4) is 0 Å². The van der Waals surface area contributed by atoms with E-state index in [0.717, 1.165) is 24.0 Å². The molecule has 5 rings (SSSR count). The summed E-state index contributed by atoms with van der Waals surface area (Å²) in [6, 6.07) is 23.2. The lowest BCUT2D eigenvalue weighted by Crippen LogP contribution is -2.46. The Hall–Kier alpha value is -4.13. The molecule has 0 spiro atoms. The molecular weight excluding hydrogens is 442 g/mol. The van der Waals surface area contributed by atoms with Crippen molar-refractivity contribution in [2.75, 3.05) is 5.32 Å². The van der Waals surface area contributed by atoms with Gasteiger partial charge in [0.05, 0.1) is 6.54 Å². The normalized spacial score (nSPS) is 19.2. The van der Waals surface area contributed by atoms with E-state index in [-0.39, 0.29) is 24.4 Å². The highest BCUT2D eigenvalue weighted by molar-refractivity contribution is 6.04. The molecule has 35 heavy (non-hydrogen) atoms. The fraction of sp³-hybridized carbons (Fsp3) is 0.250. The Bertz CT molecular complexity index is 1240. The van der Waals surface area contributed by atoms with Crippen LogP contribution in [0.25, 0.3) is 0 Å². The molecule has 3 aromatic rings. The molecule has 2 N–H and O–H groups in total. The average molecular weight is 470 g/mol. The third kappa shape index (κ3) is 5.19. The molecule has 0 aromatic heterocycles. The number of aryl methyl sites for hydroxylation is 1. The lowest BCUT2D eigenvalue weighted by Gasteiger charge is -2.24. The maximum absolute atomic E-state index is 13.3. The van der Waals surface area contributed by atoms with Crippen molar-refractivity contribution < 1.29 is 19.1 Å². The molecule has 1 heterocycles. The Morgan fingerprint density at radius 3 is 2.43 bits per heavy atom. The van der Waals surface area contributed by atoms with Crippen LogP contribution in [0.2, 0.25) is 0 Å². The van der Waals surface area contributed by atoms with Crippen LogP contribution in [0.3, 0.4) is 0 Å². The Morgan fingerprint density at radius 2 is 1.71 bits per heavy atom. The maximum Gasteiger partial charge on any atom is 0.411 e. The first-order valence-corrected chi connectivity index (χ1v) is 11.8. The lowest BCUT2D eigenvalue weighted by atomic mass is 10.00. The van der Waals surface area contributed by atoms with Crippen LogP contribution in [0.4, 0.5) is 10.5 Å². The summed E-state index contributed by atoms with van der Waals surface area (Å²) in [6.07, 6.45) is 0.555. The van der Waals surface area contributed by atoms with Crippen molar-refractivity contribution in [2.24, 2.45) is 0 Å². The Morgan fingerprint density at radius 1 is 0.971 bits per heavy atom. The fourth-order valence-corrected chi connectivity index (χ4v) is 4.20. The van der Waals surface area contributed by atoms with Gasteiger partial charge < -0.3 is 15.4 Å². The van der Waals surface area contributed by atoms with E-state index in [1.54, 1.807) is 42.5 Å². The summed E-state index contributed by atoms with van der Waals surface area (Å²) < 4.78 is 5.75. The van der Waals surface area contributed by atoms with Crippen molar-refractivity contribution in [3.05, 3.63) is 101 Å². The predicted molar refractivity (Wildman–Crippen MR) is 132 cm³/mol. The number of hydrogen-bond donors (Lipinski definition) is 2. The SMILES string of the molecule is Cc1ccc(CN2C(=O)OC(c3cccc(NC(=O)c4ccccc4)c3)C2C(=O)NC2CC2)cc1. The summed E-state index contributed by atoms with van der Waals surface area (Å²) >= 11 is 0. The molecule has 0 bridgehead atoms. The molecule has 7 heteroatoms. The van der Waals surface area contributed by atoms with Gasteiger partial charge in [-0.1, -0.05) is 60.2 Å². The zero-order valence-corrected chi connectivity index (χ0v) is 19.4. The van der Waals surface area contributed by atoms with E-state index in [9.17, 15) is 14.4 Å². The summed E-state index contributed by atoms with van der Waals surface area (Å²) in [6.45, 7) is 2.27. The van der Waals surface area contributed by atoms with Crippen LogP contribution in [-0.4, -0.2) is 34.9 Å². The van der Waals surface area contributed by atoms with Gasteiger partial charge in [0.2, 0.25) is 5.91 Å². The van der Waals surface area contributed by atoms with Crippen LogP contribution in [0.5, 0.6) is 0 Å². The number of carbonyl (C=O) groups excluding carboxylic acids is 3. The molecule has 2 aliphatic rings. The summed E-state index contributed by atoms with van der Waals surface area (Å²) in [5.74, 6) is -0.468. The number of hydrogen-bond acceptors (Lipinski definition) is 4. The van der Waals surface area contributed by atoms with Crippen molar-refractivity contribution >= 4 is 23.6 Å². The molecule has 1 aliphatic carbocycles.